The molecule has 1 aromatic rings. The number of nitrogens with zero attached hydrogens (tertiary/aromatic N) is 2. The lowest BCUT2D eigenvalue weighted by Gasteiger charge is -2.22. The van der Waals surface area contributed by atoms with Crippen LogP contribution < -0.4 is 5.73 Å². The van der Waals surface area contributed by atoms with E-state index in [1.807, 2.05) is 25.1 Å². The summed E-state index contributed by atoms with van der Waals surface area (Å²) in [6.07, 6.45) is 2.27. The number of aryl methyl sites for hydroxylation is 1. The predicted octanol–water partition coefficient (Wildman–Crippen LogP) is 1.68. The number of aliphatic hydroxyl groups excluding tert-OH is 1. The number of oxime groups is 1. The van der Waals surface area contributed by atoms with Crippen molar-refractivity contribution in [2.45, 2.75) is 33.2 Å². The van der Waals surface area contributed by atoms with E-state index in [4.69, 9.17) is 16.0 Å². The Kier molecular flexibility index (Phi) is 7.04. The molecule has 112 valence electrons. The lowest BCUT2D eigenvalue weighted by molar-refractivity contribution is 0.188. The van der Waals surface area contributed by atoms with E-state index in [9.17, 15) is 0 Å². The average Bonchev–Trinajstić information content (AvgIpc) is 2.46. The zero-order chi connectivity index (χ0) is 15.0. The minimum atomic E-state index is 0.123. The van der Waals surface area contributed by atoms with Crippen molar-refractivity contribution in [2.75, 3.05) is 19.7 Å². The molecule has 0 amide bonds. The fraction of sp³-hybridized carbons (Fsp3) is 0.533. The van der Waals surface area contributed by atoms with Gasteiger partial charge in [0.2, 0.25) is 0 Å². The number of hydrogen-bond donors (Lipinski definition) is 3. The largest absolute Gasteiger partial charge is 0.409 e. The van der Waals surface area contributed by atoms with Crippen molar-refractivity contribution in [2.24, 2.45) is 10.9 Å². The Hall–Kier alpha value is -1.59. The van der Waals surface area contributed by atoms with Gasteiger partial charge in [0.25, 0.3) is 0 Å². The molecule has 4 N–H and O–H groups in total. The van der Waals surface area contributed by atoms with Gasteiger partial charge in [0, 0.05) is 18.7 Å². The van der Waals surface area contributed by atoms with Crippen molar-refractivity contribution >= 4 is 5.84 Å². The number of hydrogen-bond acceptors (Lipinski definition) is 4. The van der Waals surface area contributed by atoms with Gasteiger partial charge in [-0.1, -0.05) is 30.6 Å². The topological polar surface area (TPSA) is 82.1 Å². The molecular weight excluding hydrogens is 254 g/mol. The third kappa shape index (κ3) is 4.83. The molecule has 0 spiro atoms. The van der Waals surface area contributed by atoms with Gasteiger partial charge in [-0.2, -0.15) is 0 Å². The zero-order valence-electron chi connectivity index (χ0n) is 12.3. The second kappa shape index (κ2) is 8.55. The maximum Gasteiger partial charge on any atom is 0.170 e. The van der Waals surface area contributed by atoms with Crippen molar-refractivity contribution in [3.05, 3.63) is 34.9 Å². The Morgan fingerprint density at radius 3 is 2.65 bits per heavy atom. The van der Waals surface area contributed by atoms with Crippen molar-refractivity contribution in [1.29, 1.82) is 0 Å². The first-order valence-corrected chi connectivity index (χ1v) is 7.03. The molecule has 20 heavy (non-hydrogen) atoms. The molecule has 0 saturated carbocycles. The molecule has 0 aromatic heterocycles. The Morgan fingerprint density at radius 2 is 2.10 bits per heavy atom. The van der Waals surface area contributed by atoms with Crippen LogP contribution in [0.1, 0.15) is 36.5 Å². The number of nitrogens with two attached hydrogens (primary N) is 1. The maximum absolute atomic E-state index is 9.13. The molecule has 0 aliphatic rings. The van der Waals surface area contributed by atoms with E-state index < -0.39 is 0 Å². The van der Waals surface area contributed by atoms with Gasteiger partial charge in [0.1, 0.15) is 0 Å². The summed E-state index contributed by atoms with van der Waals surface area (Å²) >= 11 is 0. The third-order valence-electron chi connectivity index (χ3n) is 3.38. The Morgan fingerprint density at radius 1 is 1.35 bits per heavy atom. The maximum atomic E-state index is 9.13. The molecule has 0 aliphatic carbocycles. The summed E-state index contributed by atoms with van der Waals surface area (Å²) in [5.74, 6) is 0.123. The molecule has 0 radical (unpaired) electrons. The van der Waals surface area contributed by atoms with Gasteiger partial charge < -0.3 is 16.0 Å². The third-order valence-corrected chi connectivity index (χ3v) is 3.38. The van der Waals surface area contributed by atoms with Crippen LogP contribution in [0.4, 0.5) is 0 Å². The van der Waals surface area contributed by atoms with Gasteiger partial charge in [-0.3, -0.25) is 4.90 Å². The second-order valence-electron chi connectivity index (χ2n) is 4.98. The second-order valence-corrected chi connectivity index (χ2v) is 4.98. The van der Waals surface area contributed by atoms with E-state index >= 15 is 0 Å². The number of rotatable bonds is 8. The van der Waals surface area contributed by atoms with Crippen LogP contribution in [0, 0.1) is 6.92 Å². The minimum absolute atomic E-state index is 0.123. The lowest BCUT2D eigenvalue weighted by atomic mass is 10.0. The van der Waals surface area contributed by atoms with Gasteiger partial charge in [-0.25, -0.2) is 0 Å². The normalized spacial score (nSPS) is 12.1. The number of amidine groups is 1. The van der Waals surface area contributed by atoms with Crippen LogP contribution in [-0.2, 0) is 6.54 Å². The first-order valence-electron chi connectivity index (χ1n) is 7.03. The van der Waals surface area contributed by atoms with E-state index in [0.717, 1.165) is 37.1 Å². The molecule has 0 atom stereocenters. The summed E-state index contributed by atoms with van der Waals surface area (Å²) in [4.78, 5) is 2.25. The molecular formula is C15H25N3O2. The SMILES string of the molecule is CCCCN(CCO)Cc1ccc(/C(N)=N/O)cc1C. The molecule has 0 unspecified atom stereocenters. The fourth-order valence-corrected chi connectivity index (χ4v) is 2.12. The van der Waals surface area contributed by atoms with Crippen LogP contribution in [0.2, 0.25) is 0 Å². The summed E-state index contributed by atoms with van der Waals surface area (Å²) in [7, 11) is 0. The Balaban J connectivity index is 2.79. The molecule has 1 rings (SSSR count). The van der Waals surface area contributed by atoms with Crippen molar-refractivity contribution in [3.8, 4) is 0 Å². The van der Waals surface area contributed by atoms with Crippen molar-refractivity contribution in [3.63, 3.8) is 0 Å². The van der Waals surface area contributed by atoms with Crippen LogP contribution in [0.25, 0.3) is 0 Å². The molecule has 0 bridgehead atoms. The summed E-state index contributed by atoms with van der Waals surface area (Å²) in [5.41, 5.74) is 8.61. The van der Waals surface area contributed by atoms with Gasteiger partial charge in [0.15, 0.2) is 5.84 Å². The van der Waals surface area contributed by atoms with E-state index in [2.05, 4.69) is 17.0 Å². The summed E-state index contributed by atoms with van der Waals surface area (Å²) in [6.45, 7) is 6.82. The summed E-state index contributed by atoms with van der Waals surface area (Å²) < 4.78 is 0. The highest BCUT2D eigenvalue weighted by molar-refractivity contribution is 5.97. The summed E-state index contributed by atoms with van der Waals surface area (Å²) in [6, 6.07) is 5.77. The zero-order valence-corrected chi connectivity index (χ0v) is 12.3. The van der Waals surface area contributed by atoms with Gasteiger partial charge >= 0.3 is 0 Å². The number of benzene rings is 1. The minimum Gasteiger partial charge on any atom is -0.409 e. The van der Waals surface area contributed by atoms with Gasteiger partial charge in [-0.05, 0) is 37.1 Å². The molecule has 0 heterocycles. The van der Waals surface area contributed by atoms with Crippen LogP contribution in [-0.4, -0.2) is 40.7 Å². The van der Waals surface area contributed by atoms with E-state index in [1.165, 1.54) is 5.56 Å². The van der Waals surface area contributed by atoms with Gasteiger partial charge in [0.05, 0.1) is 6.61 Å². The quantitative estimate of drug-likeness (QED) is 0.293. The summed E-state index contributed by atoms with van der Waals surface area (Å²) in [5, 5.41) is 20.8. The number of aliphatic hydroxyl groups is 1. The standard InChI is InChI=1S/C15H25N3O2/c1-3-4-7-18(8-9-19)11-14-6-5-13(10-12(14)2)15(16)17-20/h5-6,10,19-20H,3-4,7-9,11H2,1-2H3,(H2,16,17). The Bertz CT molecular complexity index is 447. The molecule has 0 saturated heterocycles. The van der Waals surface area contributed by atoms with Crippen molar-refractivity contribution in [1.82, 2.24) is 4.90 Å². The molecule has 1 aromatic carbocycles. The van der Waals surface area contributed by atoms with Crippen LogP contribution >= 0.6 is 0 Å². The predicted molar refractivity (Wildman–Crippen MR) is 81.0 cm³/mol. The van der Waals surface area contributed by atoms with Crippen molar-refractivity contribution < 1.29 is 10.3 Å². The van der Waals surface area contributed by atoms with E-state index in [0.29, 0.717) is 6.54 Å². The van der Waals surface area contributed by atoms with Gasteiger partial charge in [-0.15, -0.1) is 0 Å². The first-order chi connectivity index (χ1) is 9.62. The highest BCUT2D eigenvalue weighted by atomic mass is 16.4. The first kappa shape index (κ1) is 16.5. The highest BCUT2D eigenvalue weighted by Gasteiger charge is 2.08. The highest BCUT2D eigenvalue weighted by Crippen LogP contribution is 2.14. The molecule has 0 aliphatic heterocycles. The van der Waals surface area contributed by atoms with Crippen LogP contribution in [0.5, 0.6) is 0 Å². The van der Waals surface area contributed by atoms with E-state index in [-0.39, 0.29) is 12.4 Å². The average molecular weight is 279 g/mol. The van der Waals surface area contributed by atoms with Crippen LogP contribution in [0.15, 0.2) is 23.4 Å². The lowest BCUT2D eigenvalue weighted by Crippen LogP contribution is -2.28. The number of unbranched alkanes of at least 4 members (excludes halogenated alkanes) is 1. The fourth-order valence-electron chi connectivity index (χ4n) is 2.12. The van der Waals surface area contributed by atoms with E-state index in [1.54, 1.807) is 0 Å². The molecule has 5 heteroatoms. The molecule has 0 fully saturated rings. The monoisotopic (exact) mass is 279 g/mol. The van der Waals surface area contributed by atoms with Crippen LogP contribution in [0.3, 0.4) is 0 Å². The molecule has 5 nitrogen and oxygen atoms in total. The smallest absolute Gasteiger partial charge is 0.170 e. The Labute approximate surface area is 120 Å².